The van der Waals surface area contributed by atoms with Crippen LogP contribution in [0.2, 0.25) is 0 Å². The molecule has 1 heterocycles. The summed E-state index contributed by atoms with van der Waals surface area (Å²) < 4.78 is 0. The van der Waals surface area contributed by atoms with Crippen LogP contribution in [-0.2, 0) is 13.0 Å². The molecule has 2 aromatic carbocycles. The average molecular weight is 529 g/mol. The molecule has 0 fully saturated rings. The molecule has 3 N–H and O–H groups in total. The lowest BCUT2D eigenvalue weighted by Crippen LogP contribution is -2.37. The summed E-state index contributed by atoms with van der Waals surface area (Å²) in [6, 6.07) is 21.9. The number of nitrogens with zero attached hydrogens (tertiary/aromatic N) is 2. The highest BCUT2D eigenvalue weighted by Gasteiger charge is 2.05. The molecule has 0 spiro atoms. The minimum Gasteiger partial charge on any atom is -0.356 e. The molecule has 3 rings (SSSR count). The zero-order chi connectivity index (χ0) is 21.2. The highest BCUT2D eigenvalue weighted by Crippen LogP contribution is 2.17. The molecule has 1 aromatic heterocycles. The van der Waals surface area contributed by atoms with Crippen LogP contribution >= 0.6 is 24.0 Å². The molecule has 6 nitrogen and oxygen atoms in total. The third-order valence-electron chi connectivity index (χ3n) is 4.69. The number of carbonyl (C=O) groups excluding carboxylic acids is 1. The van der Waals surface area contributed by atoms with Gasteiger partial charge >= 0.3 is 0 Å². The van der Waals surface area contributed by atoms with Gasteiger partial charge in [-0.25, -0.2) is 0 Å². The first-order valence-electron chi connectivity index (χ1n) is 9.95. The maximum absolute atomic E-state index is 11.8. The molecule has 1 amide bonds. The van der Waals surface area contributed by atoms with E-state index in [1.165, 1.54) is 0 Å². The normalized spacial score (nSPS) is 10.7. The number of pyridine rings is 1. The lowest BCUT2D eigenvalue weighted by Gasteiger charge is -2.13. The van der Waals surface area contributed by atoms with Gasteiger partial charge in [-0.1, -0.05) is 36.4 Å². The van der Waals surface area contributed by atoms with Crippen molar-refractivity contribution in [1.29, 1.82) is 0 Å². The molecule has 0 aliphatic heterocycles. The maximum Gasteiger partial charge on any atom is 0.251 e. The number of guanidine groups is 1. The van der Waals surface area contributed by atoms with Gasteiger partial charge in [-0.05, 0) is 47.9 Å². The van der Waals surface area contributed by atoms with Gasteiger partial charge in [0.15, 0.2) is 5.96 Å². The molecule has 31 heavy (non-hydrogen) atoms. The number of hydrogen-bond donors (Lipinski definition) is 3. The summed E-state index contributed by atoms with van der Waals surface area (Å²) in [5, 5.41) is 9.32. The van der Waals surface area contributed by atoms with Crippen LogP contribution < -0.4 is 16.0 Å². The van der Waals surface area contributed by atoms with Crippen LogP contribution in [0.3, 0.4) is 0 Å². The Bertz CT molecular complexity index is 1010. The van der Waals surface area contributed by atoms with Crippen molar-refractivity contribution in [3.63, 3.8) is 0 Å². The summed E-state index contributed by atoms with van der Waals surface area (Å²) >= 11 is 0. The van der Waals surface area contributed by atoms with Gasteiger partial charge in [0.1, 0.15) is 0 Å². The molecule has 162 valence electrons. The predicted molar refractivity (Wildman–Crippen MR) is 137 cm³/mol. The number of aromatic nitrogens is 1. The average Bonchev–Trinajstić information content (AvgIpc) is 2.81. The number of rotatable bonds is 7. The fourth-order valence-corrected chi connectivity index (χ4v) is 3.12. The summed E-state index contributed by atoms with van der Waals surface area (Å²) in [5.41, 5.74) is 4.97. The van der Waals surface area contributed by atoms with E-state index in [1.54, 1.807) is 20.3 Å². The van der Waals surface area contributed by atoms with E-state index in [-0.39, 0.29) is 29.9 Å². The van der Waals surface area contributed by atoms with Gasteiger partial charge in [0.05, 0.1) is 5.69 Å². The quantitative estimate of drug-likeness (QED) is 0.248. The second-order valence-corrected chi connectivity index (χ2v) is 6.80. The molecule has 3 aromatic rings. The molecule has 7 heteroatoms. The van der Waals surface area contributed by atoms with Gasteiger partial charge < -0.3 is 16.0 Å². The molecular formula is C24H28IN5O. The van der Waals surface area contributed by atoms with E-state index in [9.17, 15) is 4.79 Å². The predicted octanol–water partition coefficient (Wildman–Crippen LogP) is 3.63. The van der Waals surface area contributed by atoms with E-state index in [0.717, 1.165) is 34.8 Å². The largest absolute Gasteiger partial charge is 0.356 e. The Labute approximate surface area is 200 Å². The first-order chi connectivity index (χ1) is 14.7. The number of hydrogen-bond acceptors (Lipinski definition) is 3. The van der Waals surface area contributed by atoms with Crippen molar-refractivity contribution in [2.45, 2.75) is 13.0 Å². The first-order valence-corrected chi connectivity index (χ1v) is 9.95. The number of aliphatic imine (C=N–C) groups is 1. The smallest absolute Gasteiger partial charge is 0.251 e. The molecule has 0 bridgehead atoms. The van der Waals surface area contributed by atoms with E-state index in [1.807, 2.05) is 48.5 Å². The van der Waals surface area contributed by atoms with Crippen LogP contribution in [0.15, 0.2) is 77.9 Å². The SMILES string of the molecule is CN=C(NCCc1cccc(C(=O)NC)c1)NCc1cccc(-c2ccccn2)c1.I. The molecule has 0 unspecified atom stereocenters. The Hall–Kier alpha value is -2.94. The second kappa shape index (κ2) is 12.7. The monoisotopic (exact) mass is 529 g/mol. The molecule has 0 radical (unpaired) electrons. The third kappa shape index (κ3) is 7.36. The van der Waals surface area contributed by atoms with Crippen LogP contribution in [0.4, 0.5) is 0 Å². The minimum atomic E-state index is -0.0739. The number of benzene rings is 2. The Balaban J connectivity index is 0.00000341. The zero-order valence-corrected chi connectivity index (χ0v) is 20.1. The van der Waals surface area contributed by atoms with Crippen LogP contribution in [0.1, 0.15) is 21.5 Å². The summed E-state index contributed by atoms with van der Waals surface area (Å²) in [5.74, 6) is 0.663. The van der Waals surface area contributed by atoms with Crippen molar-refractivity contribution in [2.75, 3.05) is 20.6 Å². The Kier molecular flexibility index (Phi) is 9.96. The first kappa shape index (κ1) is 24.3. The molecular weight excluding hydrogens is 501 g/mol. The lowest BCUT2D eigenvalue weighted by atomic mass is 10.1. The van der Waals surface area contributed by atoms with Crippen molar-refractivity contribution in [1.82, 2.24) is 20.9 Å². The van der Waals surface area contributed by atoms with E-state index in [0.29, 0.717) is 18.7 Å². The van der Waals surface area contributed by atoms with Gasteiger partial charge in [-0.3, -0.25) is 14.8 Å². The standard InChI is InChI=1S/C24H27N5O.HI/c1-25-23(30)21-10-5-7-18(15-21)12-14-28-24(26-2)29-17-19-8-6-9-20(16-19)22-11-3-4-13-27-22;/h3-11,13,15-16H,12,14,17H2,1-2H3,(H,25,30)(H2,26,28,29);1H. The number of halogens is 1. The number of carbonyl (C=O) groups is 1. The second-order valence-electron chi connectivity index (χ2n) is 6.80. The van der Waals surface area contributed by atoms with Crippen molar-refractivity contribution in [2.24, 2.45) is 4.99 Å². The minimum absolute atomic E-state index is 0. The van der Waals surface area contributed by atoms with E-state index in [4.69, 9.17) is 0 Å². The molecule has 0 atom stereocenters. The fraction of sp³-hybridized carbons (Fsp3) is 0.208. The molecule has 0 aliphatic rings. The lowest BCUT2D eigenvalue weighted by molar-refractivity contribution is 0.0963. The van der Waals surface area contributed by atoms with E-state index >= 15 is 0 Å². The fourth-order valence-electron chi connectivity index (χ4n) is 3.12. The van der Waals surface area contributed by atoms with Gasteiger partial charge in [-0.2, -0.15) is 0 Å². The van der Waals surface area contributed by atoms with E-state index < -0.39 is 0 Å². The zero-order valence-electron chi connectivity index (χ0n) is 17.8. The van der Waals surface area contributed by atoms with Crippen molar-refractivity contribution < 1.29 is 4.79 Å². The van der Waals surface area contributed by atoms with Gasteiger partial charge in [0.2, 0.25) is 0 Å². The highest BCUT2D eigenvalue weighted by molar-refractivity contribution is 14.0. The van der Waals surface area contributed by atoms with Crippen LogP contribution in [-0.4, -0.2) is 37.5 Å². The Morgan fingerprint density at radius 2 is 1.77 bits per heavy atom. The van der Waals surface area contributed by atoms with Crippen LogP contribution in [0.25, 0.3) is 11.3 Å². The van der Waals surface area contributed by atoms with Gasteiger partial charge in [-0.15, -0.1) is 24.0 Å². The molecule has 0 aliphatic carbocycles. The Morgan fingerprint density at radius 3 is 2.52 bits per heavy atom. The van der Waals surface area contributed by atoms with Gasteiger partial charge in [0.25, 0.3) is 5.91 Å². The van der Waals surface area contributed by atoms with Crippen LogP contribution in [0, 0.1) is 0 Å². The number of amides is 1. The third-order valence-corrected chi connectivity index (χ3v) is 4.69. The summed E-state index contributed by atoms with van der Waals surface area (Å²) in [7, 11) is 3.39. The topological polar surface area (TPSA) is 78.4 Å². The molecule has 0 saturated heterocycles. The molecule has 0 saturated carbocycles. The van der Waals surface area contributed by atoms with Crippen molar-refractivity contribution >= 4 is 35.8 Å². The highest BCUT2D eigenvalue weighted by atomic mass is 127. The summed E-state index contributed by atoms with van der Waals surface area (Å²) in [6.45, 7) is 1.37. The van der Waals surface area contributed by atoms with Crippen molar-refractivity contribution in [3.8, 4) is 11.3 Å². The van der Waals surface area contributed by atoms with Crippen molar-refractivity contribution in [3.05, 3.63) is 89.6 Å². The maximum atomic E-state index is 11.8. The van der Waals surface area contributed by atoms with E-state index in [2.05, 4.69) is 44.1 Å². The van der Waals surface area contributed by atoms with Crippen LogP contribution in [0.5, 0.6) is 0 Å². The summed E-state index contributed by atoms with van der Waals surface area (Å²) in [4.78, 5) is 20.5. The summed E-state index contributed by atoms with van der Waals surface area (Å²) in [6.07, 6.45) is 2.59. The van der Waals surface area contributed by atoms with Gasteiger partial charge in [0, 0.05) is 44.5 Å². The Morgan fingerprint density at radius 1 is 0.968 bits per heavy atom. The number of nitrogens with one attached hydrogen (secondary N) is 3.